The molecule has 120 valence electrons. The Bertz CT molecular complexity index is 545. The largest absolute Gasteiger partial charge is 0.484 e. The number of benzene rings is 1. The molecule has 1 saturated heterocycles. The highest BCUT2D eigenvalue weighted by atomic mass is 16.5. The third kappa shape index (κ3) is 3.78. The molecule has 0 aliphatic carbocycles. The molecule has 1 fully saturated rings. The van der Waals surface area contributed by atoms with Crippen LogP contribution in [-0.2, 0) is 15.0 Å². The summed E-state index contributed by atoms with van der Waals surface area (Å²) in [5.41, 5.74) is 1.26. The Hall–Kier alpha value is -2.04. The molecule has 1 aliphatic rings. The molecule has 0 unspecified atom stereocenters. The van der Waals surface area contributed by atoms with E-state index in [4.69, 9.17) is 9.84 Å². The van der Waals surface area contributed by atoms with E-state index in [1.54, 1.807) is 0 Å². The first-order valence-corrected chi connectivity index (χ1v) is 7.54. The zero-order valence-electron chi connectivity index (χ0n) is 13.3. The molecule has 5 nitrogen and oxygen atoms in total. The Balaban J connectivity index is 1.92. The lowest BCUT2D eigenvalue weighted by molar-refractivity contribution is -0.148. The van der Waals surface area contributed by atoms with E-state index in [1.807, 2.05) is 24.3 Å². The molecule has 1 amide bonds. The van der Waals surface area contributed by atoms with E-state index in [0.717, 1.165) is 6.42 Å². The number of carboxylic acids is 1. The number of nitrogens with zero attached hydrogens (tertiary/aromatic N) is 1. The highest BCUT2D eigenvalue weighted by Crippen LogP contribution is 2.24. The van der Waals surface area contributed by atoms with Crippen molar-refractivity contribution in [3.05, 3.63) is 29.8 Å². The number of ether oxygens (including phenoxy) is 1. The Morgan fingerprint density at radius 1 is 1.27 bits per heavy atom. The van der Waals surface area contributed by atoms with Crippen molar-refractivity contribution in [1.82, 2.24) is 4.90 Å². The van der Waals surface area contributed by atoms with E-state index in [2.05, 4.69) is 20.8 Å². The van der Waals surface area contributed by atoms with Gasteiger partial charge in [0.2, 0.25) is 0 Å². The van der Waals surface area contributed by atoms with Gasteiger partial charge in [-0.05, 0) is 36.0 Å². The minimum absolute atomic E-state index is 0.0681. The van der Waals surface area contributed by atoms with Gasteiger partial charge >= 0.3 is 5.97 Å². The number of hydrogen-bond acceptors (Lipinski definition) is 3. The van der Waals surface area contributed by atoms with Crippen LogP contribution in [0.25, 0.3) is 0 Å². The summed E-state index contributed by atoms with van der Waals surface area (Å²) in [7, 11) is 0. The molecule has 5 heteroatoms. The molecule has 0 radical (unpaired) electrons. The molecule has 0 aromatic heterocycles. The zero-order valence-corrected chi connectivity index (χ0v) is 13.3. The lowest BCUT2D eigenvalue weighted by Gasteiger charge is -2.22. The summed E-state index contributed by atoms with van der Waals surface area (Å²) in [5, 5.41) is 9.09. The van der Waals surface area contributed by atoms with Gasteiger partial charge < -0.3 is 14.7 Å². The van der Waals surface area contributed by atoms with Crippen molar-refractivity contribution in [2.75, 3.05) is 13.2 Å². The van der Waals surface area contributed by atoms with Crippen molar-refractivity contribution in [3.63, 3.8) is 0 Å². The maximum atomic E-state index is 12.1. The van der Waals surface area contributed by atoms with Crippen molar-refractivity contribution in [3.8, 4) is 5.75 Å². The van der Waals surface area contributed by atoms with Crippen LogP contribution < -0.4 is 4.74 Å². The number of carboxylic acid groups (broad SMARTS) is 1. The Kier molecular flexibility index (Phi) is 4.74. The van der Waals surface area contributed by atoms with Gasteiger partial charge in [0.1, 0.15) is 11.8 Å². The van der Waals surface area contributed by atoms with Crippen LogP contribution in [0, 0.1) is 0 Å². The van der Waals surface area contributed by atoms with Crippen LogP contribution in [0.2, 0.25) is 0 Å². The summed E-state index contributed by atoms with van der Waals surface area (Å²) in [6.45, 7) is 6.75. The number of hydrogen-bond donors (Lipinski definition) is 1. The Morgan fingerprint density at radius 2 is 1.91 bits per heavy atom. The first-order valence-electron chi connectivity index (χ1n) is 7.54. The summed E-state index contributed by atoms with van der Waals surface area (Å²) in [4.78, 5) is 24.6. The maximum Gasteiger partial charge on any atom is 0.326 e. The van der Waals surface area contributed by atoms with Crippen molar-refractivity contribution < 1.29 is 19.4 Å². The molecule has 1 N–H and O–H groups in total. The maximum absolute atomic E-state index is 12.1. The van der Waals surface area contributed by atoms with E-state index in [9.17, 15) is 9.59 Å². The van der Waals surface area contributed by atoms with E-state index >= 15 is 0 Å². The summed E-state index contributed by atoms with van der Waals surface area (Å²) in [6.07, 6.45) is 1.24. The van der Waals surface area contributed by atoms with Gasteiger partial charge in [-0.2, -0.15) is 0 Å². The van der Waals surface area contributed by atoms with Crippen LogP contribution in [0.1, 0.15) is 39.2 Å². The quantitative estimate of drug-likeness (QED) is 0.928. The average molecular weight is 305 g/mol. The number of aliphatic carboxylic acids is 1. The molecule has 2 rings (SSSR count). The molecular weight excluding hydrogens is 282 g/mol. The first-order chi connectivity index (χ1) is 10.3. The van der Waals surface area contributed by atoms with Crippen LogP contribution in [0.3, 0.4) is 0 Å². The smallest absolute Gasteiger partial charge is 0.326 e. The summed E-state index contributed by atoms with van der Waals surface area (Å²) in [6, 6.07) is 6.93. The van der Waals surface area contributed by atoms with Crippen LogP contribution >= 0.6 is 0 Å². The normalized spacial score (nSPS) is 18.3. The zero-order chi connectivity index (χ0) is 16.3. The molecule has 1 atom stereocenters. The molecule has 0 spiro atoms. The Labute approximate surface area is 130 Å². The summed E-state index contributed by atoms with van der Waals surface area (Å²) >= 11 is 0. The fourth-order valence-corrected chi connectivity index (χ4v) is 2.60. The second-order valence-corrected chi connectivity index (χ2v) is 6.65. The van der Waals surface area contributed by atoms with Gasteiger partial charge in [0, 0.05) is 6.54 Å². The van der Waals surface area contributed by atoms with Crippen LogP contribution in [0.5, 0.6) is 5.75 Å². The minimum atomic E-state index is -0.944. The minimum Gasteiger partial charge on any atom is -0.484 e. The predicted molar refractivity (Wildman–Crippen MR) is 83.0 cm³/mol. The van der Waals surface area contributed by atoms with Gasteiger partial charge in [0.25, 0.3) is 5.91 Å². The predicted octanol–water partition coefficient (Wildman–Crippen LogP) is 2.44. The Morgan fingerprint density at radius 3 is 2.45 bits per heavy atom. The van der Waals surface area contributed by atoms with E-state index in [0.29, 0.717) is 18.7 Å². The van der Waals surface area contributed by atoms with Gasteiger partial charge in [-0.15, -0.1) is 0 Å². The van der Waals surface area contributed by atoms with Crippen molar-refractivity contribution in [2.24, 2.45) is 0 Å². The number of amides is 1. The van der Waals surface area contributed by atoms with Crippen LogP contribution in [-0.4, -0.2) is 41.1 Å². The standard InChI is InChI=1S/C17H23NO4/c1-17(2,3)12-6-8-13(9-7-12)22-11-15(19)18-10-4-5-14(18)16(20)21/h6-9,14H,4-5,10-11H2,1-3H3,(H,20,21)/t14-/m0/s1. The third-order valence-electron chi connectivity index (χ3n) is 3.94. The highest BCUT2D eigenvalue weighted by molar-refractivity contribution is 5.85. The van der Waals surface area contributed by atoms with Gasteiger partial charge in [-0.3, -0.25) is 4.79 Å². The molecule has 1 aromatic carbocycles. The van der Waals surface area contributed by atoms with Crippen LogP contribution in [0.4, 0.5) is 0 Å². The third-order valence-corrected chi connectivity index (χ3v) is 3.94. The molecule has 0 bridgehead atoms. The molecular formula is C17H23NO4. The molecule has 1 heterocycles. The van der Waals surface area contributed by atoms with Gasteiger partial charge in [0.15, 0.2) is 6.61 Å². The number of rotatable bonds is 4. The van der Waals surface area contributed by atoms with Gasteiger partial charge in [-0.25, -0.2) is 4.79 Å². The van der Waals surface area contributed by atoms with Crippen molar-refractivity contribution in [1.29, 1.82) is 0 Å². The number of carbonyl (C=O) groups excluding carboxylic acids is 1. The molecule has 22 heavy (non-hydrogen) atoms. The first kappa shape index (κ1) is 16.3. The average Bonchev–Trinajstić information content (AvgIpc) is 2.94. The molecule has 1 aliphatic heterocycles. The number of likely N-dealkylation sites (tertiary alicyclic amines) is 1. The lowest BCUT2D eigenvalue weighted by atomic mass is 9.87. The van der Waals surface area contributed by atoms with Crippen molar-refractivity contribution in [2.45, 2.75) is 45.1 Å². The van der Waals surface area contributed by atoms with E-state index < -0.39 is 12.0 Å². The SMILES string of the molecule is CC(C)(C)c1ccc(OCC(=O)N2CCC[C@H]2C(=O)O)cc1. The fourth-order valence-electron chi connectivity index (χ4n) is 2.60. The fraction of sp³-hybridized carbons (Fsp3) is 0.529. The van der Waals surface area contributed by atoms with E-state index in [-0.39, 0.29) is 17.9 Å². The topological polar surface area (TPSA) is 66.8 Å². The highest BCUT2D eigenvalue weighted by Gasteiger charge is 2.33. The molecule has 0 saturated carbocycles. The van der Waals surface area contributed by atoms with Gasteiger partial charge in [-0.1, -0.05) is 32.9 Å². The van der Waals surface area contributed by atoms with E-state index in [1.165, 1.54) is 10.5 Å². The monoisotopic (exact) mass is 305 g/mol. The lowest BCUT2D eigenvalue weighted by Crippen LogP contribution is -2.42. The van der Waals surface area contributed by atoms with Crippen LogP contribution in [0.15, 0.2) is 24.3 Å². The van der Waals surface area contributed by atoms with Crippen molar-refractivity contribution >= 4 is 11.9 Å². The second-order valence-electron chi connectivity index (χ2n) is 6.65. The molecule has 1 aromatic rings. The number of carbonyl (C=O) groups is 2. The summed E-state index contributed by atoms with van der Waals surface area (Å²) < 4.78 is 5.49. The van der Waals surface area contributed by atoms with Gasteiger partial charge in [0.05, 0.1) is 0 Å². The second kappa shape index (κ2) is 6.38. The summed E-state index contributed by atoms with van der Waals surface area (Å²) in [5.74, 6) is -0.599.